The summed E-state index contributed by atoms with van der Waals surface area (Å²) in [4.78, 5) is 23.0. The normalized spacial score (nSPS) is 10.5. The molecular weight excluding hydrogens is 270 g/mol. The average Bonchev–Trinajstić information content (AvgIpc) is 2.47. The number of nitrogens with zero attached hydrogens (tertiary/aromatic N) is 4. The summed E-state index contributed by atoms with van der Waals surface area (Å²) in [5.74, 6) is 0.537. The molecule has 0 bridgehead atoms. The molecular formula is C14H11N5O2. The van der Waals surface area contributed by atoms with Gasteiger partial charge in [-0.15, -0.1) is 0 Å². The molecule has 7 nitrogen and oxygen atoms in total. The summed E-state index contributed by atoms with van der Waals surface area (Å²) in [5, 5.41) is 14.0. The highest BCUT2D eigenvalue weighted by Crippen LogP contribution is 2.21. The Morgan fingerprint density at radius 2 is 1.95 bits per heavy atom. The molecule has 2 aromatic heterocycles. The number of para-hydroxylation sites is 1. The lowest BCUT2D eigenvalue weighted by Gasteiger charge is -2.06. The van der Waals surface area contributed by atoms with Crippen LogP contribution in [-0.4, -0.2) is 19.9 Å². The summed E-state index contributed by atoms with van der Waals surface area (Å²) >= 11 is 0. The third-order valence-electron chi connectivity index (χ3n) is 2.94. The van der Waals surface area contributed by atoms with E-state index in [2.05, 4.69) is 20.3 Å². The molecule has 0 unspecified atom stereocenters. The molecule has 3 aromatic rings. The number of fused-ring (bicyclic) bond motifs is 1. The average molecular weight is 281 g/mol. The molecule has 0 saturated carbocycles. The zero-order valence-electron chi connectivity index (χ0n) is 11.1. The molecule has 0 amide bonds. The molecule has 0 saturated heterocycles. The predicted molar refractivity (Wildman–Crippen MR) is 78.4 cm³/mol. The summed E-state index contributed by atoms with van der Waals surface area (Å²) < 4.78 is 0. The second-order valence-electron chi connectivity index (χ2n) is 4.44. The second kappa shape index (κ2) is 5.12. The number of nitrogens with one attached hydrogen (secondary N) is 1. The Bertz CT molecular complexity index is 820. The first kappa shape index (κ1) is 12.9. The number of nitro groups is 1. The number of hydrogen-bond donors (Lipinski definition) is 1. The Hall–Kier alpha value is -3.09. The molecule has 104 valence electrons. The standard InChI is InChI=1S/C14H11N5O2/c1-9-12(19(20)21)7-11-14(16-9)18-13(8-15-11)17-10-5-3-2-4-6-10/h2-8H,1H3,(H,16,17,18). The number of hydrogen-bond acceptors (Lipinski definition) is 6. The van der Waals surface area contributed by atoms with Crippen LogP contribution < -0.4 is 5.32 Å². The van der Waals surface area contributed by atoms with Crippen molar-refractivity contribution < 1.29 is 4.92 Å². The molecule has 1 N–H and O–H groups in total. The van der Waals surface area contributed by atoms with Crippen LogP contribution in [0.15, 0.2) is 42.6 Å². The van der Waals surface area contributed by atoms with Gasteiger partial charge in [-0.2, -0.15) is 0 Å². The predicted octanol–water partition coefficient (Wildman–Crippen LogP) is 2.99. The van der Waals surface area contributed by atoms with Crippen LogP contribution in [0.1, 0.15) is 5.69 Å². The minimum atomic E-state index is -0.473. The Kier molecular flexibility index (Phi) is 3.15. The largest absolute Gasteiger partial charge is 0.339 e. The van der Waals surface area contributed by atoms with E-state index in [0.717, 1.165) is 5.69 Å². The maximum atomic E-state index is 10.9. The van der Waals surface area contributed by atoms with Crippen LogP contribution in [0.3, 0.4) is 0 Å². The molecule has 0 aliphatic heterocycles. The van der Waals surface area contributed by atoms with Gasteiger partial charge < -0.3 is 5.32 Å². The van der Waals surface area contributed by atoms with E-state index in [1.54, 1.807) is 6.92 Å². The van der Waals surface area contributed by atoms with Crippen LogP contribution in [-0.2, 0) is 0 Å². The van der Waals surface area contributed by atoms with Gasteiger partial charge in [0.2, 0.25) is 0 Å². The first-order valence-electron chi connectivity index (χ1n) is 6.24. The van der Waals surface area contributed by atoms with Crippen molar-refractivity contribution in [1.29, 1.82) is 0 Å². The first-order valence-corrected chi connectivity index (χ1v) is 6.24. The van der Waals surface area contributed by atoms with Gasteiger partial charge in [0, 0.05) is 11.8 Å². The lowest BCUT2D eigenvalue weighted by Crippen LogP contribution is -2.00. The Morgan fingerprint density at radius 1 is 1.19 bits per heavy atom. The smallest absolute Gasteiger partial charge is 0.292 e. The number of anilines is 2. The van der Waals surface area contributed by atoms with E-state index in [9.17, 15) is 10.1 Å². The van der Waals surface area contributed by atoms with Crippen molar-refractivity contribution in [2.24, 2.45) is 0 Å². The van der Waals surface area contributed by atoms with Crippen LogP contribution in [0.4, 0.5) is 17.2 Å². The number of aryl methyl sites for hydroxylation is 1. The van der Waals surface area contributed by atoms with Crippen molar-refractivity contribution in [2.75, 3.05) is 5.32 Å². The molecule has 1 aromatic carbocycles. The van der Waals surface area contributed by atoms with Gasteiger partial charge in [-0.05, 0) is 19.1 Å². The topological polar surface area (TPSA) is 93.8 Å². The first-order chi connectivity index (χ1) is 10.1. The van der Waals surface area contributed by atoms with Gasteiger partial charge in [-0.25, -0.2) is 15.0 Å². The second-order valence-corrected chi connectivity index (χ2v) is 4.44. The van der Waals surface area contributed by atoms with E-state index >= 15 is 0 Å². The van der Waals surface area contributed by atoms with Crippen molar-refractivity contribution in [3.05, 3.63) is 58.4 Å². The molecule has 0 aliphatic carbocycles. The molecule has 2 heterocycles. The number of benzene rings is 1. The zero-order chi connectivity index (χ0) is 14.8. The monoisotopic (exact) mass is 281 g/mol. The van der Waals surface area contributed by atoms with Crippen LogP contribution >= 0.6 is 0 Å². The van der Waals surface area contributed by atoms with Gasteiger partial charge in [-0.1, -0.05) is 18.2 Å². The third-order valence-corrected chi connectivity index (χ3v) is 2.94. The summed E-state index contributed by atoms with van der Waals surface area (Å²) in [7, 11) is 0. The van der Waals surface area contributed by atoms with Gasteiger partial charge >= 0.3 is 0 Å². The third kappa shape index (κ3) is 2.62. The fourth-order valence-electron chi connectivity index (χ4n) is 1.94. The number of rotatable bonds is 3. The molecule has 0 atom stereocenters. The van der Waals surface area contributed by atoms with Crippen LogP contribution in [0.5, 0.6) is 0 Å². The fourth-order valence-corrected chi connectivity index (χ4v) is 1.94. The van der Waals surface area contributed by atoms with Crippen LogP contribution in [0.25, 0.3) is 11.2 Å². The van der Waals surface area contributed by atoms with E-state index in [1.165, 1.54) is 12.3 Å². The molecule has 3 rings (SSSR count). The Balaban J connectivity index is 2.01. The Morgan fingerprint density at radius 3 is 2.67 bits per heavy atom. The SMILES string of the molecule is Cc1nc2nc(Nc3ccccc3)cnc2cc1[N+](=O)[O-]. The Labute approximate surface area is 119 Å². The maximum absolute atomic E-state index is 10.9. The number of pyridine rings is 1. The van der Waals surface area contributed by atoms with Crippen molar-refractivity contribution in [3.8, 4) is 0 Å². The zero-order valence-corrected chi connectivity index (χ0v) is 11.1. The highest BCUT2D eigenvalue weighted by Gasteiger charge is 2.14. The molecule has 7 heteroatoms. The van der Waals surface area contributed by atoms with Gasteiger partial charge in [0.05, 0.1) is 11.1 Å². The summed E-state index contributed by atoms with van der Waals surface area (Å²) in [5.41, 5.74) is 1.91. The van der Waals surface area contributed by atoms with E-state index in [0.29, 0.717) is 22.7 Å². The summed E-state index contributed by atoms with van der Waals surface area (Å²) in [6, 6.07) is 10.9. The van der Waals surface area contributed by atoms with Gasteiger partial charge in [-0.3, -0.25) is 10.1 Å². The molecule has 21 heavy (non-hydrogen) atoms. The van der Waals surface area contributed by atoms with Crippen LogP contribution in [0.2, 0.25) is 0 Å². The van der Waals surface area contributed by atoms with E-state index in [-0.39, 0.29) is 5.69 Å². The van der Waals surface area contributed by atoms with E-state index in [1.807, 2.05) is 30.3 Å². The van der Waals surface area contributed by atoms with E-state index in [4.69, 9.17) is 0 Å². The quantitative estimate of drug-likeness (QED) is 0.586. The minimum Gasteiger partial charge on any atom is -0.339 e. The van der Waals surface area contributed by atoms with Crippen molar-refractivity contribution in [2.45, 2.75) is 6.92 Å². The lowest BCUT2D eigenvalue weighted by molar-refractivity contribution is -0.385. The highest BCUT2D eigenvalue weighted by atomic mass is 16.6. The maximum Gasteiger partial charge on any atom is 0.292 e. The van der Waals surface area contributed by atoms with E-state index < -0.39 is 4.92 Å². The van der Waals surface area contributed by atoms with Gasteiger partial charge in [0.1, 0.15) is 11.2 Å². The molecule has 0 fully saturated rings. The van der Waals surface area contributed by atoms with Crippen molar-refractivity contribution in [1.82, 2.24) is 15.0 Å². The van der Waals surface area contributed by atoms with Crippen molar-refractivity contribution >= 4 is 28.4 Å². The molecule has 0 aliphatic rings. The molecule has 0 radical (unpaired) electrons. The fraction of sp³-hybridized carbons (Fsp3) is 0.0714. The molecule has 0 spiro atoms. The highest BCUT2D eigenvalue weighted by molar-refractivity contribution is 5.75. The number of aromatic nitrogens is 3. The summed E-state index contributed by atoms with van der Waals surface area (Å²) in [6.07, 6.45) is 1.52. The summed E-state index contributed by atoms with van der Waals surface area (Å²) in [6.45, 7) is 1.58. The lowest BCUT2D eigenvalue weighted by atomic mass is 10.3. The van der Waals surface area contributed by atoms with Gasteiger partial charge in [0.25, 0.3) is 5.69 Å². The van der Waals surface area contributed by atoms with Crippen molar-refractivity contribution in [3.63, 3.8) is 0 Å². The van der Waals surface area contributed by atoms with Crippen LogP contribution in [0, 0.1) is 17.0 Å². The van der Waals surface area contributed by atoms with Gasteiger partial charge in [0.15, 0.2) is 11.5 Å². The minimum absolute atomic E-state index is 0.0550.